The van der Waals surface area contributed by atoms with E-state index in [1.54, 1.807) is 44.2 Å². The van der Waals surface area contributed by atoms with Crippen molar-refractivity contribution in [3.8, 4) is 0 Å². The Morgan fingerprint density at radius 3 is 1.66 bits per heavy atom. The minimum absolute atomic E-state index is 0.0944. The van der Waals surface area contributed by atoms with Crippen molar-refractivity contribution >= 4 is 53.9 Å². The summed E-state index contributed by atoms with van der Waals surface area (Å²) in [5.41, 5.74) is 29.2. The van der Waals surface area contributed by atoms with E-state index in [-0.39, 0.29) is 6.29 Å². The molecule has 24 atom stereocenters. The number of aliphatic carboxylic acids is 1. The SMILES string of the molecule is CO[C@H]1OC(COS(=O)(=O)O)[C@@H](O[C@@H]2OC(C=O)[C@H](O[C@@H]3OC(COS(=O)(=O)O)[C@@H](O[C@@H]4OC(C(=O)O)[C@@H](O[C@H]5OC(COS(=O)(=O)O)[C@@H](C)[C@H](C)C5N=[N+]=[N-])[C@H](C)C4C)CC3N=[N+]=[N-])[C@@H](OCc3ccccc3)C2OS(=O)(=O)O)[C@H](C)C1N=[N+]=[N-]. The Balaban J connectivity index is 1.33. The third-order valence-corrected chi connectivity index (χ3v) is 16.7. The predicted octanol–water partition coefficient (Wildman–Crippen LogP) is 1.92. The Morgan fingerprint density at radius 2 is 1.12 bits per heavy atom. The zero-order valence-corrected chi connectivity index (χ0v) is 49.2. The highest BCUT2D eigenvalue weighted by Crippen LogP contribution is 2.42. The third kappa shape index (κ3) is 18.9. The number of benzene rings is 1. The molecule has 86 heavy (non-hydrogen) atoms. The van der Waals surface area contributed by atoms with Gasteiger partial charge < -0.3 is 62.0 Å². The summed E-state index contributed by atoms with van der Waals surface area (Å²) < 4.78 is 220. The number of carboxylic acids is 1. The zero-order valence-electron chi connectivity index (χ0n) is 46.0. The standard InChI is InChI=1S/C43H63N9O30S4/c1-18-19(2)30(48-51-45)42(75-27(18)15-70-83(56,57)58)79-33-20(3)21(4)39(81-36(33)38(54)55)73-25-12-24(47-50-44)40(76-28(25)16-71-84(59,60)61)80-34-26(13-53)74-43(37(82-86(65,66)67)35(34)69-14-23-10-8-7-9-11-23)78-32-22(5)31(49-52-46)41(68-6)77-29(32)17-72-85(62,63)64/h7-11,13,18-22,24-37,39-43H,12,14-17H2,1-6H3,(H,54,55)(H,56,57,58)(H,59,60,61)(H,62,63,64)(H,65,66,67)/t18-,19-,20+,21?,22+,24?,25-,26?,27?,28?,29?,30?,31?,32-,33-,34-,35+,36?,37?,39+,40-,41-,42+,43-/m0/s1. The maximum absolute atomic E-state index is 13.3. The van der Waals surface area contributed by atoms with Crippen molar-refractivity contribution in [2.45, 2.75) is 164 Å². The average Bonchev–Trinajstić information content (AvgIpc) is 0.881. The van der Waals surface area contributed by atoms with Crippen LogP contribution >= 0.6 is 0 Å². The number of rotatable bonds is 28. The molecule has 39 nitrogen and oxygen atoms in total. The summed E-state index contributed by atoms with van der Waals surface area (Å²) in [4.78, 5) is 34.8. The van der Waals surface area contributed by atoms with E-state index >= 15 is 0 Å². The molecule has 5 N–H and O–H groups in total. The van der Waals surface area contributed by atoms with Crippen LogP contribution in [0.2, 0.25) is 0 Å². The topological polar surface area (TPSA) is 557 Å². The average molecular weight is 1310 g/mol. The lowest BCUT2D eigenvalue weighted by Crippen LogP contribution is -2.65. The van der Waals surface area contributed by atoms with E-state index in [2.05, 4.69) is 42.6 Å². The van der Waals surface area contributed by atoms with E-state index in [9.17, 15) is 83.2 Å². The molecular formula is C43H63N9O30S4. The second kappa shape index (κ2) is 30.2. The number of carboxylic acid groups (broad SMARTS) is 1. The third-order valence-electron chi connectivity index (χ3n) is 15.0. The summed E-state index contributed by atoms with van der Waals surface area (Å²) in [5, 5.41) is 21.8. The number of hydrogen-bond acceptors (Lipinski definition) is 28. The Kier molecular flexibility index (Phi) is 24.7. The van der Waals surface area contributed by atoms with Crippen LogP contribution < -0.4 is 0 Å². The monoisotopic (exact) mass is 1310 g/mol. The highest BCUT2D eigenvalue weighted by molar-refractivity contribution is 7.81. The van der Waals surface area contributed by atoms with Gasteiger partial charge in [0.05, 0.1) is 62.9 Å². The molecule has 5 saturated heterocycles. The number of carbonyl (C=O) groups excluding carboxylic acids is 1. The van der Waals surface area contributed by atoms with Crippen molar-refractivity contribution in [1.82, 2.24) is 0 Å². The zero-order chi connectivity index (χ0) is 63.6. The molecule has 0 aromatic heterocycles. The Morgan fingerprint density at radius 1 is 0.581 bits per heavy atom. The fraction of sp³-hybridized carbons (Fsp3) is 0.814. The molecule has 5 fully saturated rings. The van der Waals surface area contributed by atoms with Crippen LogP contribution in [0, 0.1) is 29.6 Å². The number of aldehydes is 1. The molecule has 484 valence electrons. The first-order valence-electron chi connectivity index (χ1n) is 25.7. The summed E-state index contributed by atoms with van der Waals surface area (Å²) in [7, 11) is -20.0. The molecule has 6 rings (SSSR count). The van der Waals surface area contributed by atoms with Crippen LogP contribution in [0.5, 0.6) is 0 Å². The van der Waals surface area contributed by atoms with Crippen molar-refractivity contribution in [1.29, 1.82) is 0 Å². The van der Waals surface area contributed by atoms with E-state index in [1.165, 1.54) is 20.8 Å². The van der Waals surface area contributed by atoms with E-state index in [1.807, 2.05) is 0 Å². The van der Waals surface area contributed by atoms with Gasteiger partial charge in [0.2, 0.25) is 0 Å². The quantitative estimate of drug-likeness (QED) is 0.0263. The number of carbonyl (C=O) groups is 2. The fourth-order valence-electron chi connectivity index (χ4n) is 10.3. The summed E-state index contributed by atoms with van der Waals surface area (Å²) in [6, 6.07) is 3.76. The Labute approximate surface area is 490 Å². The molecule has 0 saturated carbocycles. The second-order valence-electron chi connectivity index (χ2n) is 20.3. The minimum Gasteiger partial charge on any atom is -0.479 e. The smallest absolute Gasteiger partial charge is 0.397 e. The summed E-state index contributed by atoms with van der Waals surface area (Å²) in [6.07, 6.45) is -29.0. The highest BCUT2D eigenvalue weighted by Gasteiger charge is 2.57. The predicted molar refractivity (Wildman–Crippen MR) is 277 cm³/mol. The van der Waals surface area contributed by atoms with Gasteiger partial charge >= 0.3 is 47.6 Å². The maximum atomic E-state index is 13.3. The molecule has 5 aliphatic rings. The van der Waals surface area contributed by atoms with Gasteiger partial charge in [-0.05, 0) is 52.2 Å². The molecule has 1 aromatic carbocycles. The molecule has 0 amide bonds. The number of azide groups is 3. The van der Waals surface area contributed by atoms with Gasteiger partial charge in [-0.15, -0.1) is 0 Å². The first-order valence-corrected chi connectivity index (χ1v) is 31.2. The van der Waals surface area contributed by atoms with Gasteiger partial charge in [-0.25, -0.2) is 21.5 Å². The molecule has 43 heteroatoms. The van der Waals surface area contributed by atoms with Crippen molar-refractivity contribution in [3.05, 3.63) is 67.2 Å². The molecule has 0 bridgehead atoms. The molecule has 0 aliphatic carbocycles. The molecule has 5 aliphatic heterocycles. The lowest BCUT2D eigenvalue weighted by Gasteiger charge is -2.50. The molecule has 10 unspecified atom stereocenters. The van der Waals surface area contributed by atoms with Crippen LogP contribution in [0.3, 0.4) is 0 Å². The summed E-state index contributed by atoms with van der Waals surface area (Å²) in [5.74, 6) is -5.88. The van der Waals surface area contributed by atoms with Crippen molar-refractivity contribution in [2.75, 3.05) is 26.9 Å². The molecular weight excluding hydrogens is 1250 g/mol. The van der Waals surface area contributed by atoms with Gasteiger partial charge in [-0.3, -0.25) is 18.2 Å². The van der Waals surface area contributed by atoms with E-state index < -0.39 is 227 Å². The van der Waals surface area contributed by atoms with Gasteiger partial charge in [-0.2, -0.15) is 33.7 Å². The summed E-state index contributed by atoms with van der Waals surface area (Å²) >= 11 is 0. The van der Waals surface area contributed by atoms with Crippen LogP contribution in [-0.4, -0.2) is 213 Å². The molecule has 0 spiro atoms. The van der Waals surface area contributed by atoms with Crippen LogP contribution in [-0.2, 0) is 127 Å². The molecule has 0 radical (unpaired) electrons. The molecule has 5 heterocycles. The van der Waals surface area contributed by atoms with E-state index in [0.717, 1.165) is 7.11 Å². The first-order chi connectivity index (χ1) is 40.3. The Bertz CT molecular complexity index is 3090. The van der Waals surface area contributed by atoms with Gasteiger partial charge in [0.15, 0.2) is 49.9 Å². The van der Waals surface area contributed by atoms with Crippen LogP contribution in [0.25, 0.3) is 31.3 Å². The van der Waals surface area contributed by atoms with Crippen LogP contribution in [0.4, 0.5) is 0 Å². The number of nitrogens with zero attached hydrogens (tertiary/aromatic N) is 9. The summed E-state index contributed by atoms with van der Waals surface area (Å²) in [6.45, 7) is 4.22. The highest BCUT2D eigenvalue weighted by atomic mass is 32.3. The lowest BCUT2D eigenvalue weighted by atomic mass is 9.81. The van der Waals surface area contributed by atoms with Gasteiger partial charge in [0.25, 0.3) is 0 Å². The largest absolute Gasteiger partial charge is 0.479 e. The number of ether oxygens (including phenoxy) is 11. The lowest BCUT2D eigenvalue weighted by molar-refractivity contribution is -0.359. The number of hydrogen-bond donors (Lipinski definition) is 5. The Hall–Kier alpha value is -4.67. The van der Waals surface area contributed by atoms with Crippen LogP contribution in [0.1, 0.15) is 46.6 Å². The second-order valence-corrected chi connectivity index (χ2v) is 24.6. The fourth-order valence-corrected chi connectivity index (χ4v) is 11.7. The first kappa shape index (κ1) is 70.4. The van der Waals surface area contributed by atoms with E-state index in [0.29, 0.717) is 5.56 Å². The van der Waals surface area contributed by atoms with Gasteiger partial charge in [-0.1, -0.05) is 80.3 Å². The van der Waals surface area contributed by atoms with Crippen LogP contribution in [0.15, 0.2) is 45.7 Å². The van der Waals surface area contributed by atoms with Gasteiger partial charge in [0.1, 0.15) is 36.6 Å². The number of methoxy groups -OCH3 is 1. The van der Waals surface area contributed by atoms with Crippen molar-refractivity contribution in [2.24, 2.45) is 44.9 Å². The van der Waals surface area contributed by atoms with Crippen molar-refractivity contribution in [3.63, 3.8) is 0 Å². The van der Waals surface area contributed by atoms with E-state index in [4.69, 9.17) is 56.3 Å². The van der Waals surface area contributed by atoms with Crippen molar-refractivity contribution < 1.29 is 135 Å². The maximum Gasteiger partial charge on any atom is 0.397 e. The normalized spacial score (nSPS) is 38.1. The minimum atomic E-state index is -5.66. The molecule has 1 aromatic rings. The van der Waals surface area contributed by atoms with Gasteiger partial charge in [0, 0.05) is 27.8 Å².